The van der Waals surface area contributed by atoms with Gasteiger partial charge in [0.25, 0.3) is 0 Å². The predicted molar refractivity (Wildman–Crippen MR) is 90.8 cm³/mol. The Morgan fingerprint density at radius 1 is 0.682 bits per heavy atom. The quantitative estimate of drug-likeness (QED) is 0.521. The summed E-state index contributed by atoms with van der Waals surface area (Å²) in [6.07, 6.45) is 0. The first-order valence-corrected chi connectivity index (χ1v) is 7.28. The lowest BCUT2D eigenvalue weighted by Gasteiger charge is -2.09. The van der Waals surface area contributed by atoms with Crippen LogP contribution in [-0.4, -0.2) is 10.1 Å². The van der Waals surface area contributed by atoms with Crippen LogP contribution in [0.25, 0.3) is 33.3 Å². The zero-order valence-corrected chi connectivity index (χ0v) is 12.0. The number of benzene rings is 3. The molecular formula is C20H15NO. The van der Waals surface area contributed by atoms with Crippen LogP contribution in [0, 0.1) is 0 Å². The minimum Gasteiger partial charge on any atom is -0.507 e. The maximum Gasteiger partial charge on any atom is 0.132 e. The summed E-state index contributed by atoms with van der Waals surface area (Å²) in [5.41, 5.74) is 4.67. The number of H-pyrrole nitrogens is 1. The van der Waals surface area contributed by atoms with E-state index in [1.54, 1.807) is 0 Å². The van der Waals surface area contributed by atoms with Crippen LogP contribution in [0.2, 0.25) is 0 Å². The van der Waals surface area contributed by atoms with Crippen molar-refractivity contribution in [2.75, 3.05) is 0 Å². The van der Waals surface area contributed by atoms with Crippen molar-refractivity contribution < 1.29 is 5.11 Å². The first-order valence-electron chi connectivity index (χ1n) is 7.28. The van der Waals surface area contributed by atoms with Crippen LogP contribution >= 0.6 is 0 Å². The van der Waals surface area contributed by atoms with E-state index >= 15 is 0 Å². The van der Waals surface area contributed by atoms with Crippen molar-refractivity contribution in [2.24, 2.45) is 0 Å². The van der Waals surface area contributed by atoms with Gasteiger partial charge >= 0.3 is 0 Å². The van der Waals surface area contributed by atoms with Gasteiger partial charge in [-0.05, 0) is 23.8 Å². The monoisotopic (exact) mass is 285 g/mol. The van der Waals surface area contributed by atoms with Crippen molar-refractivity contribution in [3.05, 3.63) is 78.9 Å². The molecule has 0 bridgehead atoms. The van der Waals surface area contributed by atoms with Gasteiger partial charge in [0, 0.05) is 22.0 Å². The molecule has 0 saturated carbocycles. The first kappa shape index (κ1) is 12.7. The molecule has 0 aliphatic rings. The molecule has 0 unspecified atom stereocenters. The second-order valence-corrected chi connectivity index (χ2v) is 5.34. The minimum absolute atomic E-state index is 0.306. The fourth-order valence-corrected chi connectivity index (χ4v) is 2.83. The maximum absolute atomic E-state index is 10.7. The Hall–Kier alpha value is -3.00. The standard InChI is InChI=1S/C20H15NO/c22-20-16(14-7-2-1-3-8-14)10-6-11-17(20)19-13-15-9-4-5-12-18(15)21-19/h1-13,21-22H. The molecule has 0 radical (unpaired) electrons. The van der Waals surface area contributed by atoms with E-state index < -0.39 is 0 Å². The fraction of sp³-hybridized carbons (Fsp3) is 0. The molecule has 0 atom stereocenters. The van der Waals surface area contributed by atoms with Crippen molar-refractivity contribution in [3.63, 3.8) is 0 Å². The van der Waals surface area contributed by atoms with Gasteiger partial charge in [0.1, 0.15) is 5.75 Å². The third-order valence-electron chi connectivity index (χ3n) is 3.94. The molecule has 4 aromatic rings. The smallest absolute Gasteiger partial charge is 0.132 e. The Kier molecular flexibility index (Phi) is 2.94. The lowest BCUT2D eigenvalue weighted by Crippen LogP contribution is -1.84. The van der Waals surface area contributed by atoms with Crippen molar-refractivity contribution in [3.8, 4) is 28.1 Å². The number of hydrogen-bond donors (Lipinski definition) is 2. The van der Waals surface area contributed by atoms with Gasteiger partial charge < -0.3 is 10.1 Å². The van der Waals surface area contributed by atoms with Crippen molar-refractivity contribution in [2.45, 2.75) is 0 Å². The number of phenolic OH excluding ortho intramolecular Hbond substituents is 1. The highest BCUT2D eigenvalue weighted by atomic mass is 16.3. The molecule has 0 fully saturated rings. The Morgan fingerprint density at radius 2 is 1.41 bits per heavy atom. The zero-order valence-electron chi connectivity index (χ0n) is 12.0. The molecule has 4 rings (SSSR count). The molecular weight excluding hydrogens is 270 g/mol. The Morgan fingerprint density at radius 3 is 2.23 bits per heavy atom. The lowest BCUT2D eigenvalue weighted by atomic mass is 10.00. The highest BCUT2D eigenvalue weighted by Gasteiger charge is 2.12. The molecule has 1 aromatic heterocycles. The van der Waals surface area contributed by atoms with E-state index in [4.69, 9.17) is 0 Å². The summed E-state index contributed by atoms with van der Waals surface area (Å²) < 4.78 is 0. The average Bonchev–Trinajstić information content (AvgIpc) is 2.99. The Balaban J connectivity index is 1.89. The van der Waals surface area contributed by atoms with Crippen LogP contribution in [0.4, 0.5) is 0 Å². The third kappa shape index (κ3) is 2.06. The summed E-state index contributed by atoms with van der Waals surface area (Å²) >= 11 is 0. The summed E-state index contributed by atoms with van der Waals surface area (Å²) in [6.45, 7) is 0. The maximum atomic E-state index is 10.7. The van der Waals surface area contributed by atoms with Gasteiger partial charge in [-0.15, -0.1) is 0 Å². The predicted octanol–water partition coefficient (Wildman–Crippen LogP) is 5.21. The van der Waals surface area contributed by atoms with E-state index in [0.29, 0.717) is 5.75 Å². The Labute approximate surface area is 128 Å². The lowest BCUT2D eigenvalue weighted by molar-refractivity contribution is 0.479. The number of phenols is 1. The summed E-state index contributed by atoms with van der Waals surface area (Å²) in [6, 6.07) is 26.0. The van der Waals surface area contributed by atoms with Crippen LogP contribution in [-0.2, 0) is 0 Å². The largest absolute Gasteiger partial charge is 0.507 e. The van der Waals surface area contributed by atoms with Crippen LogP contribution in [0.3, 0.4) is 0 Å². The van der Waals surface area contributed by atoms with E-state index in [0.717, 1.165) is 33.3 Å². The normalized spacial score (nSPS) is 10.9. The van der Waals surface area contributed by atoms with Crippen molar-refractivity contribution >= 4 is 10.9 Å². The topological polar surface area (TPSA) is 36.0 Å². The molecule has 0 aliphatic carbocycles. The van der Waals surface area contributed by atoms with Gasteiger partial charge in [-0.2, -0.15) is 0 Å². The molecule has 0 saturated heterocycles. The highest BCUT2D eigenvalue weighted by Crippen LogP contribution is 2.38. The highest BCUT2D eigenvalue weighted by molar-refractivity contribution is 5.89. The number of hydrogen-bond acceptors (Lipinski definition) is 1. The van der Waals surface area contributed by atoms with E-state index in [2.05, 4.69) is 17.1 Å². The van der Waals surface area contributed by atoms with Gasteiger partial charge in [0.2, 0.25) is 0 Å². The van der Waals surface area contributed by atoms with Gasteiger partial charge in [-0.3, -0.25) is 0 Å². The molecule has 1 heterocycles. The number of rotatable bonds is 2. The molecule has 0 spiro atoms. The number of aromatic nitrogens is 1. The van der Waals surface area contributed by atoms with Crippen LogP contribution < -0.4 is 0 Å². The minimum atomic E-state index is 0.306. The zero-order chi connectivity index (χ0) is 14.9. The Bertz CT molecular complexity index is 905. The molecule has 3 aromatic carbocycles. The van der Waals surface area contributed by atoms with Crippen LogP contribution in [0.15, 0.2) is 78.9 Å². The second kappa shape index (κ2) is 5.08. The van der Waals surface area contributed by atoms with Gasteiger partial charge in [-0.25, -0.2) is 0 Å². The van der Waals surface area contributed by atoms with Crippen LogP contribution in [0.5, 0.6) is 5.75 Å². The van der Waals surface area contributed by atoms with Crippen molar-refractivity contribution in [1.82, 2.24) is 4.98 Å². The molecule has 0 aliphatic heterocycles. The third-order valence-corrected chi connectivity index (χ3v) is 3.94. The molecule has 2 N–H and O–H groups in total. The number of para-hydroxylation sites is 2. The van der Waals surface area contributed by atoms with E-state index in [9.17, 15) is 5.11 Å². The van der Waals surface area contributed by atoms with E-state index in [-0.39, 0.29) is 0 Å². The van der Waals surface area contributed by atoms with Gasteiger partial charge in [0.05, 0.1) is 5.69 Å². The van der Waals surface area contributed by atoms with E-state index in [1.165, 1.54) is 0 Å². The van der Waals surface area contributed by atoms with E-state index in [1.807, 2.05) is 66.7 Å². The molecule has 2 nitrogen and oxygen atoms in total. The summed E-state index contributed by atoms with van der Waals surface area (Å²) in [4.78, 5) is 3.37. The molecule has 22 heavy (non-hydrogen) atoms. The summed E-state index contributed by atoms with van der Waals surface area (Å²) in [5.74, 6) is 0.306. The SMILES string of the molecule is Oc1c(-c2ccccc2)cccc1-c1cc2ccccc2[nH]1. The number of nitrogens with one attached hydrogen (secondary N) is 1. The summed E-state index contributed by atoms with van der Waals surface area (Å²) in [5, 5.41) is 11.8. The fourth-order valence-electron chi connectivity index (χ4n) is 2.83. The van der Waals surface area contributed by atoms with Crippen LogP contribution in [0.1, 0.15) is 0 Å². The molecule has 0 amide bonds. The number of aromatic amines is 1. The first-order chi connectivity index (χ1) is 10.8. The van der Waals surface area contributed by atoms with Gasteiger partial charge in [-0.1, -0.05) is 60.7 Å². The molecule has 106 valence electrons. The average molecular weight is 285 g/mol. The number of aromatic hydroxyl groups is 1. The second-order valence-electron chi connectivity index (χ2n) is 5.34. The number of fused-ring (bicyclic) bond motifs is 1. The molecule has 2 heteroatoms. The van der Waals surface area contributed by atoms with Crippen molar-refractivity contribution in [1.29, 1.82) is 0 Å². The summed E-state index contributed by atoms with van der Waals surface area (Å²) in [7, 11) is 0. The van der Waals surface area contributed by atoms with Gasteiger partial charge in [0.15, 0.2) is 0 Å².